The van der Waals surface area contributed by atoms with Crippen LogP contribution in [-0.2, 0) is 4.79 Å². The average molecular weight is 457 g/mol. The van der Waals surface area contributed by atoms with Crippen LogP contribution in [0.25, 0.3) is 0 Å². The van der Waals surface area contributed by atoms with Gasteiger partial charge in [-0.05, 0) is 12.5 Å². The second kappa shape index (κ2) is 9.11. The molecule has 0 aromatic heterocycles. The molecule has 0 saturated heterocycles. The molecule has 1 saturated carbocycles. The Kier molecular flexibility index (Phi) is 6.22. The van der Waals surface area contributed by atoms with E-state index in [0.29, 0.717) is 11.1 Å². The maximum Gasteiger partial charge on any atom is 0.269 e. The summed E-state index contributed by atoms with van der Waals surface area (Å²) in [6, 6.07) is 22.2. The lowest BCUT2D eigenvalue weighted by atomic mass is 9.58. The minimum atomic E-state index is -1.76. The molecule has 0 unspecified atom stereocenters. The molecule has 0 bridgehead atoms. The van der Waals surface area contributed by atoms with Crippen LogP contribution in [0.4, 0.5) is 5.69 Å². The molecule has 0 spiro atoms. The first-order valence-electron chi connectivity index (χ1n) is 10.9. The minimum Gasteiger partial charge on any atom is -0.389 e. The third-order valence-corrected chi connectivity index (χ3v) is 6.41. The first kappa shape index (κ1) is 23.2. The SMILES string of the molecule is C[C@@]1(O)CC(=O)[C@H](C(=O)c2ccccc2)[C@@H](c2cccc([N+](=O)[O-])c2)[C@@H]1C(=O)c1ccccc1. The Morgan fingerprint density at radius 1 is 0.912 bits per heavy atom. The van der Waals surface area contributed by atoms with Crippen molar-refractivity contribution in [3.05, 3.63) is 112 Å². The zero-order valence-corrected chi connectivity index (χ0v) is 18.5. The Hall–Kier alpha value is -3.97. The first-order chi connectivity index (χ1) is 16.2. The maximum atomic E-state index is 13.7. The van der Waals surface area contributed by atoms with Crippen LogP contribution in [0.1, 0.15) is 45.5 Å². The molecule has 0 amide bonds. The summed E-state index contributed by atoms with van der Waals surface area (Å²) in [5.74, 6) is -4.96. The van der Waals surface area contributed by atoms with Crippen LogP contribution < -0.4 is 0 Å². The Morgan fingerprint density at radius 3 is 2.03 bits per heavy atom. The van der Waals surface area contributed by atoms with Crippen LogP contribution in [0.3, 0.4) is 0 Å². The van der Waals surface area contributed by atoms with Gasteiger partial charge >= 0.3 is 0 Å². The van der Waals surface area contributed by atoms with Gasteiger partial charge in [0.25, 0.3) is 5.69 Å². The van der Waals surface area contributed by atoms with E-state index in [1.165, 1.54) is 25.1 Å². The topological polar surface area (TPSA) is 115 Å². The van der Waals surface area contributed by atoms with Crippen LogP contribution >= 0.6 is 0 Å². The minimum absolute atomic E-state index is 0.230. The summed E-state index contributed by atoms with van der Waals surface area (Å²) >= 11 is 0. The highest BCUT2D eigenvalue weighted by Gasteiger charge is 2.55. The van der Waals surface area contributed by atoms with Crippen molar-refractivity contribution in [2.24, 2.45) is 11.8 Å². The number of hydrogen-bond acceptors (Lipinski definition) is 6. The van der Waals surface area contributed by atoms with Crippen LogP contribution in [0.2, 0.25) is 0 Å². The number of rotatable bonds is 6. The number of Topliss-reactive ketones (excluding diaryl/α,β-unsaturated/α-hetero) is 3. The predicted octanol–water partition coefficient (Wildman–Crippen LogP) is 4.40. The van der Waals surface area contributed by atoms with Crippen LogP contribution in [0.15, 0.2) is 84.9 Å². The van der Waals surface area contributed by atoms with Crippen molar-refractivity contribution in [3.8, 4) is 0 Å². The predicted molar refractivity (Wildman–Crippen MR) is 125 cm³/mol. The molecule has 0 aliphatic heterocycles. The summed E-state index contributed by atoms with van der Waals surface area (Å²) in [6.07, 6.45) is -0.384. The van der Waals surface area contributed by atoms with Gasteiger partial charge in [-0.25, -0.2) is 0 Å². The summed E-state index contributed by atoms with van der Waals surface area (Å²) in [7, 11) is 0. The molecule has 7 heteroatoms. The van der Waals surface area contributed by atoms with Crippen molar-refractivity contribution < 1.29 is 24.4 Å². The van der Waals surface area contributed by atoms with E-state index in [9.17, 15) is 29.6 Å². The molecule has 172 valence electrons. The monoisotopic (exact) mass is 457 g/mol. The molecule has 1 fully saturated rings. The second-order valence-corrected chi connectivity index (χ2v) is 8.79. The van der Waals surface area contributed by atoms with Crippen LogP contribution in [0.5, 0.6) is 0 Å². The fraction of sp³-hybridized carbons (Fsp3) is 0.222. The Labute approximate surface area is 196 Å². The Balaban J connectivity index is 1.92. The number of carbonyl (C=O) groups excluding carboxylic acids is 3. The van der Waals surface area contributed by atoms with Gasteiger partial charge in [0.1, 0.15) is 5.78 Å². The lowest BCUT2D eigenvalue weighted by Gasteiger charge is -2.44. The third-order valence-electron chi connectivity index (χ3n) is 6.41. The largest absolute Gasteiger partial charge is 0.389 e. The van der Waals surface area contributed by atoms with E-state index in [1.807, 2.05) is 0 Å². The summed E-state index contributed by atoms with van der Waals surface area (Å²) in [4.78, 5) is 51.5. The van der Waals surface area contributed by atoms with Crippen molar-refractivity contribution >= 4 is 23.0 Å². The molecule has 3 aromatic carbocycles. The first-order valence-corrected chi connectivity index (χ1v) is 10.9. The number of ketones is 3. The van der Waals surface area contributed by atoms with Gasteiger partial charge in [0.2, 0.25) is 0 Å². The van der Waals surface area contributed by atoms with Crippen molar-refractivity contribution in [3.63, 3.8) is 0 Å². The summed E-state index contributed by atoms with van der Waals surface area (Å²) in [5.41, 5.74) is -1.09. The molecule has 7 nitrogen and oxygen atoms in total. The zero-order chi connectivity index (χ0) is 24.5. The molecule has 4 atom stereocenters. The number of carbonyl (C=O) groups is 3. The van der Waals surface area contributed by atoms with E-state index < -0.39 is 45.6 Å². The quantitative estimate of drug-likeness (QED) is 0.254. The van der Waals surface area contributed by atoms with Gasteiger partial charge in [0.15, 0.2) is 11.6 Å². The highest BCUT2D eigenvalue weighted by atomic mass is 16.6. The van der Waals surface area contributed by atoms with Crippen molar-refractivity contribution in [1.29, 1.82) is 0 Å². The second-order valence-electron chi connectivity index (χ2n) is 8.79. The molecule has 34 heavy (non-hydrogen) atoms. The van der Waals surface area contributed by atoms with E-state index in [1.54, 1.807) is 66.7 Å². The molecular formula is C27H23NO6. The lowest BCUT2D eigenvalue weighted by Crippen LogP contribution is -2.54. The fourth-order valence-electron chi connectivity index (χ4n) is 4.90. The fourth-order valence-corrected chi connectivity index (χ4v) is 4.90. The number of aliphatic hydroxyl groups is 1. The normalized spacial score (nSPS) is 24.4. The third kappa shape index (κ3) is 4.30. The van der Waals surface area contributed by atoms with Gasteiger partial charge in [-0.1, -0.05) is 72.8 Å². The number of benzene rings is 3. The Bertz CT molecular complexity index is 1250. The zero-order valence-electron chi connectivity index (χ0n) is 18.5. The molecule has 1 aliphatic rings. The summed E-state index contributed by atoms with van der Waals surface area (Å²) < 4.78 is 0. The number of nitro benzene ring substituents is 1. The summed E-state index contributed by atoms with van der Waals surface area (Å²) in [5, 5.41) is 22.8. The average Bonchev–Trinajstić information content (AvgIpc) is 2.83. The highest BCUT2D eigenvalue weighted by molar-refractivity contribution is 6.13. The van der Waals surface area contributed by atoms with Crippen LogP contribution in [0, 0.1) is 22.0 Å². The van der Waals surface area contributed by atoms with Gasteiger partial charge in [-0.2, -0.15) is 0 Å². The van der Waals surface area contributed by atoms with Gasteiger partial charge < -0.3 is 5.11 Å². The van der Waals surface area contributed by atoms with Gasteiger partial charge in [-0.3, -0.25) is 24.5 Å². The molecule has 1 N–H and O–H groups in total. The van der Waals surface area contributed by atoms with Crippen molar-refractivity contribution in [2.75, 3.05) is 0 Å². The smallest absolute Gasteiger partial charge is 0.269 e. The number of hydrogen-bond donors (Lipinski definition) is 1. The van der Waals surface area contributed by atoms with Crippen molar-refractivity contribution in [1.82, 2.24) is 0 Å². The lowest BCUT2D eigenvalue weighted by molar-refractivity contribution is -0.385. The van der Waals surface area contributed by atoms with Crippen LogP contribution in [-0.4, -0.2) is 33.0 Å². The van der Waals surface area contributed by atoms with E-state index >= 15 is 0 Å². The van der Waals surface area contributed by atoms with E-state index in [0.717, 1.165) is 0 Å². The molecular weight excluding hydrogens is 434 g/mol. The number of nitrogens with zero attached hydrogens (tertiary/aromatic N) is 1. The summed E-state index contributed by atoms with van der Waals surface area (Å²) in [6.45, 7) is 1.41. The molecule has 3 aromatic rings. The van der Waals surface area contributed by atoms with Gasteiger partial charge in [0.05, 0.1) is 22.4 Å². The molecule has 0 radical (unpaired) electrons. The number of non-ortho nitro benzene ring substituents is 1. The maximum absolute atomic E-state index is 13.7. The van der Waals surface area contributed by atoms with E-state index in [-0.39, 0.29) is 17.7 Å². The van der Waals surface area contributed by atoms with E-state index in [4.69, 9.17) is 0 Å². The Morgan fingerprint density at radius 2 is 1.47 bits per heavy atom. The van der Waals surface area contributed by atoms with Crippen molar-refractivity contribution in [2.45, 2.75) is 24.9 Å². The van der Waals surface area contributed by atoms with E-state index in [2.05, 4.69) is 0 Å². The highest BCUT2D eigenvalue weighted by Crippen LogP contribution is 2.48. The van der Waals surface area contributed by atoms with Gasteiger partial charge in [-0.15, -0.1) is 0 Å². The number of nitro groups is 1. The molecule has 4 rings (SSSR count). The standard InChI is InChI=1S/C27H23NO6/c1-27(32)16-21(29)23(25(30)17-9-4-2-5-10-17)22(19-13-8-14-20(15-19)28(33)34)24(27)26(31)18-11-6-3-7-12-18/h2-15,22-24,32H,16H2,1H3/t22-,23+,24-,27-/m1/s1. The van der Waals surface area contributed by atoms with Gasteiger partial charge in [0, 0.05) is 35.6 Å². The molecule has 1 aliphatic carbocycles. The molecule has 0 heterocycles.